The van der Waals surface area contributed by atoms with Crippen LogP contribution >= 0.6 is 0 Å². The maximum absolute atomic E-state index is 12.5. The van der Waals surface area contributed by atoms with Crippen LogP contribution in [-0.2, 0) is 32.4 Å². The summed E-state index contributed by atoms with van der Waals surface area (Å²) in [6, 6.07) is 14.6. The van der Waals surface area contributed by atoms with Gasteiger partial charge in [0.2, 0.25) is 0 Å². The van der Waals surface area contributed by atoms with E-state index in [9.17, 15) is 9.59 Å². The van der Waals surface area contributed by atoms with Crippen molar-refractivity contribution in [3.05, 3.63) is 70.8 Å². The zero-order valence-electron chi connectivity index (χ0n) is 20.7. The minimum absolute atomic E-state index is 0.357. The van der Waals surface area contributed by atoms with Crippen LogP contribution in [0.5, 0.6) is 0 Å². The molecule has 34 heavy (non-hydrogen) atoms. The number of hydrogen-bond donors (Lipinski definition) is 0. The average molecular weight is 469 g/mol. The number of hydrogen-bond acceptors (Lipinski definition) is 6. The van der Waals surface area contributed by atoms with Gasteiger partial charge in [-0.3, -0.25) is 9.78 Å². The molecule has 3 atom stereocenters. The van der Waals surface area contributed by atoms with Gasteiger partial charge in [0.05, 0.1) is 11.1 Å². The van der Waals surface area contributed by atoms with Crippen LogP contribution in [0.15, 0.2) is 48.5 Å². The molecule has 1 aliphatic carbocycles. The second-order valence-electron chi connectivity index (χ2n) is 9.50. The highest BCUT2D eigenvalue weighted by molar-refractivity contribution is 5.89. The molecule has 3 unspecified atom stereocenters. The maximum atomic E-state index is 12.5. The molecule has 1 saturated carbocycles. The summed E-state index contributed by atoms with van der Waals surface area (Å²) >= 11 is 0. The zero-order valence-corrected chi connectivity index (χ0v) is 20.7. The molecule has 0 aliphatic heterocycles. The minimum Gasteiger partial charge on any atom is -0.292 e. The molecule has 1 fully saturated rings. The van der Waals surface area contributed by atoms with Gasteiger partial charge in [-0.05, 0) is 80.3 Å². The monoisotopic (exact) mass is 468 g/mol. The lowest BCUT2D eigenvalue weighted by molar-refractivity contribution is -0.388. The van der Waals surface area contributed by atoms with Crippen molar-refractivity contribution in [3.8, 4) is 0 Å². The Hall–Kier alpha value is -2.70. The summed E-state index contributed by atoms with van der Waals surface area (Å²) in [4.78, 5) is 46.6. The molecule has 2 aromatic rings. The summed E-state index contributed by atoms with van der Waals surface area (Å²) in [7, 11) is 0. The van der Waals surface area contributed by atoms with Crippen LogP contribution in [-0.4, -0.2) is 23.6 Å². The number of aryl methyl sites for hydroxylation is 2. The summed E-state index contributed by atoms with van der Waals surface area (Å²) in [5.74, 6) is -0.769. The van der Waals surface area contributed by atoms with Crippen molar-refractivity contribution in [2.45, 2.75) is 84.3 Å². The summed E-state index contributed by atoms with van der Waals surface area (Å²) in [6.07, 6.45) is 5.53. The summed E-state index contributed by atoms with van der Waals surface area (Å²) < 4.78 is 0. The fourth-order valence-corrected chi connectivity index (χ4v) is 4.19. The number of rotatable bonds is 10. The van der Waals surface area contributed by atoms with Crippen molar-refractivity contribution in [1.29, 1.82) is 0 Å². The van der Waals surface area contributed by atoms with Crippen LogP contribution in [0.2, 0.25) is 0 Å². The summed E-state index contributed by atoms with van der Waals surface area (Å²) in [6.45, 7) is 8.14. The van der Waals surface area contributed by atoms with Crippen molar-refractivity contribution in [2.75, 3.05) is 0 Å². The molecule has 0 saturated heterocycles. The average Bonchev–Trinajstić information content (AvgIpc) is 2.84. The summed E-state index contributed by atoms with van der Waals surface area (Å²) in [5.41, 5.74) is 2.25. The first-order chi connectivity index (χ1) is 16.3. The first-order valence-corrected chi connectivity index (χ1v) is 12.3. The van der Waals surface area contributed by atoms with Gasteiger partial charge in [-0.2, -0.15) is 9.78 Å². The molecular weight excluding hydrogens is 432 g/mol. The van der Waals surface area contributed by atoms with Crippen molar-refractivity contribution in [1.82, 2.24) is 0 Å². The lowest BCUT2D eigenvalue weighted by Crippen LogP contribution is -2.48. The van der Waals surface area contributed by atoms with Crippen LogP contribution in [0.4, 0.5) is 0 Å². The van der Waals surface area contributed by atoms with Gasteiger partial charge >= 0.3 is 11.9 Å². The Morgan fingerprint density at radius 2 is 1.35 bits per heavy atom. The molecule has 184 valence electrons. The first kappa shape index (κ1) is 25.9. The highest BCUT2D eigenvalue weighted by Crippen LogP contribution is 2.37. The Kier molecular flexibility index (Phi) is 9.25. The van der Waals surface area contributed by atoms with Crippen LogP contribution in [0.1, 0.15) is 91.6 Å². The van der Waals surface area contributed by atoms with E-state index in [1.807, 2.05) is 31.2 Å². The molecule has 0 aromatic heterocycles. The summed E-state index contributed by atoms with van der Waals surface area (Å²) in [5, 5.41) is 0. The largest absolute Gasteiger partial charge is 0.373 e. The van der Waals surface area contributed by atoms with Gasteiger partial charge in [-0.15, -0.1) is 0 Å². The Balaban J connectivity index is 1.59. The third-order valence-corrected chi connectivity index (χ3v) is 6.44. The van der Waals surface area contributed by atoms with Crippen molar-refractivity contribution < 1.29 is 29.1 Å². The lowest BCUT2D eigenvalue weighted by atomic mass is 9.78. The van der Waals surface area contributed by atoms with E-state index < -0.39 is 23.6 Å². The van der Waals surface area contributed by atoms with E-state index in [1.165, 1.54) is 11.1 Å². The highest BCUT2D eigenvalue weighted by Gasteiger charge is 2.45. The fraction of sp³-hybridized carbons (Fsp3) is 0.500. The Morgan fingerprint density at radius 3 is 1.85 bits per heavy atom. The van der Waals surface area contributed by atoms with Gasteiger partial charge in [0.25, 0.3) is 0 Å². The van der Waals surface area contributed by atoms with Crippen molar-refractivity contribution >= 4 is 11.9 Å². The molecule has 6 heteroatoms. The van der Waals surface area contributed by atoms with Gasteiger partial charge in [0, 0.05) is 0 Å². The molecular formula is C28H36O6. The molecule has 0 bridgehead atoms. The molecule has 0 heterocycles. The quantitative estimate of drug-likeness (QED) is 0.296. The van der Waals surface area contributed by atoms with Gasteiger partial charge in [-0.25, -0.2) is 9.59 Å². The Morgan fingerprint density at radius 1 is 0.853 bits per heavy atom. The topological polar surface area (TPSA) is 71.1 Å². The van der Waals surface area contributed by atoms with Crippen LogP contribution in [0.3, 0.4) is 0 Å². The maximum Gasteiger partial charge on any atom is 0.373 e. The van der Waals surface area contributed by atoms with Crippen LogP contribution < -0.4 is 0 Å². The van der Waals surface area contributed by atoms with Gasteiger partial charge in [0.1, 0.15) is 11.7 Å². The third-order valence-electron chi connectivity index (χ3n) is 6.44. The van der Waals surface area contributed by atoms with E-state index in [1.54, 1.807) is 24.3 Å². The van der Waals surface area contributed by atoms with Gasteiger partial charge in [0.15, 0.2) is 0 Å². The smallest absolute Gasteiger partial charge is 0.292 e. The van der Waals surface area contributed by atoms with Crippen molar-refractivity contribution in [3.63, 3.8) is 0 Å². The fourth-order valence-electron chi connectivity index (χ4n) is 4.19. The minimum atomic E-state index is -0.935. The standard InChI is InChI=1S/C28H36O6/c1-5-7-21-9-13-23(14-10-21)26(29)32-31-25-19-20(3)17-18-28(25,4)34-33-27(30)24-15-11-22(8-6-2)12-16-24/h9-16,20,25H,5-8,17-19H2,1-4H3. The van der Waals surface area contributed by atoms with E-state index in [-0.39, 0.29) is 0 Å². The molecule has 0 N–H and O–H groups in total. The van der Waals surface area contributed by atoms with E-state index in [2.05, 4.69) is 20.8 Å². The third kappa shape index (κ3) is 6.90. The molecule has 6 nitrogen and oxygen atoms in total. The van der Waals surface area contributed by atoms with Crippen LogP contribution in [0, 0.1) is 5.92 Å². The molecule has 0 radical (unpaired) electrons. The molecule has 0 amide bonds. The number of carbonyl (C=O) groups is 2. The predicted octanol–water partition coefficient (Wildman–Crippen LogP) is 6.42. The van der Waals surface area contributed by atoms with E-state index >= 15 is 0 Å². The first-order valence-electron chi connectivity index (χ1n) is 12.3. The van der Waals surface area contributed by atoms with E-state index in [0.29, 0.717) is 29.9 Å². The molecule has 0 spiro atoms. The predicted molar refractivity (Wildman–Crippen MR) is 129 cm³/mol. The second kappa shape index (κ2) is 12.1. The molecule has 2 aromatic carbocycles. The Labute approximate surface area is 202 Å². The normalized spacial score (nSPS) is 22.2. The Bertz CT molecular complexity index is 936. The van der Waals surface area contributed by atoms with Gasteiger partial charge in [-0.1, -0.05) is 57.9 Å². The molecule has 1 aliphatic rings. The highest BCUT2D eigenvalue weighted by atomic mass is 17.2. The SMILES string of the molecule is CCCc1ccc(C(=O)OOC2CC(C)CCC2(C)OOC(=O)c2ccc(CCC)cc2)cc1. The van der Waals surface area contributed by atoms with Gasteiger partial charge < -0.3 is 0 Å². The van der Waals surface area contributed by atoms with E-state index in [0.717, 1.165) is 32.1 Å². The number of benzene rings is 2. The zero-order chi connectivity index (χ0) is 24.6. The van der Waals surface area contributed by atoms with Crippen LogP contribution in [0.25, 0.3) is 0 Å². The van der Waals surface area contributed by atoms with Crippen molar-refractivity contribution in [2.24, 2.45) is 5.92 Å². The van der Waals surface area contributed by atoms with E-state index in [4.69, 9.17) is 19.6 Å². The lowest BCUT2D eigenvalue weighted by Gasteiger charge is -2.39. The number of carbonyl (C=O) groups excluding carboxylic acids is 2. The molecule has 3 rings (SSSR count). The second-order valence-corrected chi connectivity index (χ2v) is 9.50.